The van der Waals surface area contributed by atoms with Crippen molar-refractivity contribution < 1.29 is 23.4 Å². The lowest BCUT2D eigenvalue weighted by atomic mass is 10.2. The second-order valence-corrected chi connectivity index (χ2v) is 8.01. The Balaban J connectivity index is 2.26. The summed E-state index contributed by atoms with van der Waals surface area (Å²) in [6.07, 6.45) is 0. The van der Waals surface area contributed by atoms with Gasteiger partial charge in [-0.05, 0) is 36.3 Å². The first-order chi connectivity index (χ1) is 14.5. The van der Waals surface area contributed by atoms with E-state index < -0.39 is 56.8 Å². The summed E-state index contributed by atoms with van der Waals surface area (Å²) in [5.74, 6) is -1.39. The van der Waals surface area contributed by atoms with Crippen LogP contribution >= 0.6 is 23.2 Å². The van der Waals surface area contributed by atoms with E-state index in [9.17, 15) is 18.5 Å². The van der Waals surface area contributed by atoms with Gasteiger partial charge in [0.05, 0.1) is 23.7 Å². The molecular weight excluding hydrogens is 413 g/mol. The molecule has 7 nitrogen and oxygen atoms in total. The molecule has 0 unspecified atom stereocenters. The van der Waals surface area contributed by atoms with E-state index in [4.69, 9.17) is 33.4 Å². The number of nitriles is 1. The number of rotatable bonds is 4. The number of ether oxygens (including phenoxy) is 1. The number of nitrogens with one attached hydrogen (secondary N) is 1. The molecule has 1 aliphatic heterocycles. The number of piperazine rings is 1. The number of amides is 1. The normalized spacial score (nSPS) is 17.1. The number of hydrogen-bond acceptors (Lipinski definition) is 5. The maximum Gasteiger partial charge on any atom is 0.247 e. The van der Waals surface area contributed by atoms with Gasteiger partial charge in [-0.2, -0.15) is 9.57 Å². The molecule has 10 heteroatoms. The van der Waals surface area contributed by atoms with Crippen molar-refractivity contribution in [2.45, 2.75) is 4.90 Å². The van der Waals surface area contributed by atoms with E-state index >= 15 is 0 Å². The van der Waals surface area contributed by atoms with Crippen molar-refractivity contribution in [3.63, 3.8) is 0 Å². The average molecular weight is 430 g/mol. The molecule has 0 saturated carbocycles. The first-order valence-corrected chi connectivity index (χ1v) is 9.62. The summed E-state index contributed by atoms with van der Waals surface area (Å²) in [5, 5.41) is 11.6. The van der Waals surface area contributed by atoms with Crippen molar-refractivity contribution in [2.24, 2.45) is 0 Å². The maximum absolute atomic E-state index is 13.3. The zero-order chi connectivity index (χ0) is 23.1. The summed E-state index contributed by atoms with van der Waals surface area (Å²) in [5.41, 5.74) is -0.630. The van der Waals surface area contributed by atoms with Gasteiger partial charge < -0.3 is 10.1 Å². The van der Waals surface area contributed by atoms with E-state index in [0.717, 1.165) is 16.4 Å². The second kappa shape index (κ2) is 7.74. The second-order valence-electron chi connectivity index (χ2n) is 5.32. The lowest BCUT2D eigenvalue weighted by Gasteiger charge is -2.26. The number of halogens is 2. The van der Waals surface area contributed by atoms with E-state index in [2.05, 4.69) is 5.32 Å². The zero-order valence-electron chi connectivity index (χ0n) is 17.5. The molecule has 3 rings (SSSR count). The number of benzene rings is 2. The molecule has 1 N–H and O–H groups in total. The van der Waals surface area contributed by atoms with Crippen LogP contribution in [-0.4, -0.2) is 38.3 Å². The summed E-state index contributed by atoms with van der Waals surface area (Å²) in [7, 11) is -4.57. The van der Waals surface area contributed by atoms with E-state index in [1.165, 1.54) is 0 Å². The first-order valence-electron chi connectivity index (χ1n) is 9.43. The van der Waals surface area contributed by atoms with Crippen molar-refractivity contribution in [2.75, 3.05) is 19.6 Å². The van der Waals surface area contributed by atoms with Crippen LogP contribution in [-0.2, 0) is 14.8 Å². The highest BCUT2D eigenvalue weighted by molar-refractivity contribution is 7.89. The topological polar surface area (TPSA) is 99.5 Å². The molecule has 0 spiro atoms. The summed E-state index contributed by atoms with van der Waals surface area (Å²) in [6.45, 7) is -0.590. The van der Waals surface area contributed by atoms with Crippen LogP contribution in [0.25, 0.3) is 0 Å². The van der Waals surface area contributed by atoms with Crippen molar-refractivity contribution in [3.05, 3.63) is 51.9 Å². The molecular formula is C17H13Cl2N3O4S. The standard InChI is InChI=1S/C17H13Cl2N3O4S/c18-12-6-13(19)8-14(7-12)26-15-2-1-11(9-20)5-16(15)27(24,25)22-4-3-21-17(23)10-22/h1-2,5-8H,3-4,10H2,(H,21,23)/i1D,2D,5D,6D. The van der Waals surface area contributed by atoms with E-state index in [1.807, 2.05) is 0 Å². The zero-order valence-corrected chi connectivity index (χ0v) is 15.8. The average Bonchev–Trinajstić information content (AvgIpc) is 2.70. The van der Waals surface area contributed by atoms with Crippen molar-refractivity contribution in [1.82, 2.24) is 9.62 Å². The highest BCUT2D eigenvalue weighted by Crippen LogP contribution is 2.34. The van der Waals surface area contributed by atoms with Crippen molar-refractivity contribution >= 4 is 39.1 Å². The third-order valence-corrected chi connectivity index (χ3v) is 5.66. The Morgan fingerprint density at radius 1 is 1.26 bits per heavy atom. The van der Waals surface area contributed by atoms with Crippen LogP contribution in [0.5, 0.6) is 11.5 Å². The third kappa shape index (κ3) is 4.34. The van der Waals surface area contributed by atoms with Crippen LogP contribution in [0.4, 0.5) is 0 Å². The Kier molecular flexibility index (Phi) is 4.22. The third-order valence-electron chi connectivity index (χ3n) is 3.46. The van der Waals surface area contributed by atoms with Gasteiger partial charge in [0.1, 0.15) is 16.4 Å². The van der Waals surface area contributed by atoms with Crippen LogP contribution in [0.2, 0.25) is 10.0 Å². The molecule has 1 amide bonds. The van der Waals surface area contributed by atoms with Gasteiger partial charge >= 0.3 is 0 Å². The highest BCUT2D eigenvalue weighted by Gasteiger charge is 2.32. The highest BCUT2D eigenvalue weighted by atomic mass is 35.5. The Morgan fingerprint density at radius 2 is 1.96 bits per heavy atom. The van der Waals surface area contributed by atoms with E-state index in [1.54, 1.807) is 6.07 Å². The van der Waals surface area contributed by atoms with Crippen LogP contribution in [0.1, 0.15) is 11.0 Å². The Bertz CT molecular complexity index is 1230. The fraction of sp³-hybridized carbons (Fsp3) is 0.176. The SMILES string of the molecule is [2H]c1c(Cl)cc(Oc2c([2H])c([2H])c(C#N)c([2H])c2S(=O)(=O)N2CCNC(=O)C2)cc1Cl. The quantitative estimate of drug-likeness (QED) is 0.804. The Morgan fingerprint density at radius 3 is 2.59 bits per heavy atom. The predicted molar refractivity (Wildman–Crippen MR) is 99.5 cm³/mol. The molecule has 2 aromatic carbocycles. The minimum Gasteiger partial charge on any atom is -0.456 e. The molecule has 0 aliphatic carbocycles. The molecule has 0 aromatic heterocycles. The molecule has 140 valence electrons. The minimum atomic E-state index is -4.57. The molecule has 0 atom stereocenters. The van der Waals surface area contributed by atoms with Gasteiger partial charge in [-0.1, -0.05) is 23.2 Å². The maximum atomic E-state index is 13.3. The van der Waals surface area contributed by atoms with Gasteiger partial charge in [0.15, 0.2) is 0 Å². The first kappa shape index (κ1) is 14.7. The summed E-state index contributed by atoms with van der Waals surface area (Å²) in [4.78, 5) is 10.9. The molecule has 2 aromatic rings. The monoisotopic (exact) mass is 429 g/mol. The summed E-state index contributed by atoms with van der Waals surface area (Å²) in [6, 6.07) is 1.39. The lowest BCUT2D eigenvalue weighted by molar-refractivity contribution is -0.122. The van der Waals surface area contributed by atoms with E-state index in [-0.39, 0.29) is 34.9 Å². The number of nitrogens with zero attached hydrogens (tertiary/aromatic N) is 2. The molecule has 1 saturated heterocycles. The van der Waals surface area contributed by atoms with Crippen LogP contribution < -0.4 is 10.1 Å². The fourth-order valence-corrected chi connectivity index (χ4v) is 4.19. The number of hydrogen-bond donors (Lipinski definition) is 1. The Labute approximate surface area is 171 Å². The number of carbonyl (C=O) groups excluding carboxylic acids is 1. The largest absolute Gasteiger partial charge is 0.456 e. The van der Waals surface area contributed by atoms with Crippen LogP contribution in [0.3, 0.4) is 0 Å². The lowest BCUT2D eigenvalue weighted by Crippen LogP contribution is -2.49. The number of sulfonamides is 1. The van der Waals surface area contributed by atoms with Crippen molar-refractivity contribution in [3.8, 4) is 17.6 Å². The molecule has 27 heavy (non-hydrogen) atoms. The van der Waals surface area contributed by atoms with Gasteiger partial charge in [-0.25, -0.2) is 8.42 Å². The Hall–Kier alpha value is -2.31. The van der Waals surface area contributed by atoms with Gasteiger partial charge in [-0.15, -0.1) is 0 Å². The van der Waals surface area contributed by atoms with Gasteiger partial charge in [-0.3, -0.25) is 4.79 Å². The summed E-state index contributed by atoms with van der Waals surface area (Å²) < 4.78 is 65.0. The molecule has 1 heterocycles. The van der Waals surface area contributed by atoms with Crippen LogP contribution in [0, 0.1) is 11.3 Å². The van der Waals surface area contributed by atoms with E-state index in [0.29, 0.717) is 0 Å². The van der Waals surface area contributed by atoms with Crippen LogP contribution in [0.15, 0.2) is 41.2 Å². The fourth-order valence-electron chi connectivity index (χ4n) is 2.29. The minimum absolute atomic E-state index is 0.0349. The van der Waals surface area contributed by atoms with Gasteiger partial charge in [0, 0.05) is 23.1 Å². The molecule has 0 radical (unpaired) electrons. The predicted octanol–water partition coefficient (Wildman–Crippen LogP) is 2.78. The molecule has 0 bridgehead atoms. The van der Waals surface area contributed by atoms with Gasteiger partial charge in [0.25, 0.3) is 0 Å². The molecule has 1 aliphatic rings. The smallest absolute Gasteiger partial charge is 0.247 e. The van der Waals surface area contributed by atoms with Gasteiger partial charge in [0.2, 0.25) is 15.9 Å². The number of carbonyl (C=O) groups is 1. The van der Waals surface area contributed by atoms with Crippen molar-refractivity contribution in [1.29, 1.82) is 5.26 Å². The molecule has 1 fully saturated rings. The summed E-state index contributed by atoms with van der Waals surface area (Å²) >= 11 is 11.8.